The SMILES string of the molecule is C=COCCCNCc1nccn1CC. The van der Waals surface area contributed by atoms with Crippen molar-refractivity contribution in [2.75, 3.05) is 13.2 Å². The third kappa shape index (κ3) is 4.16. The van der Waals surface area contributed by atoms with Crippen molar-refractivity contribution in [2.24, 2.45) is 0 Å². The molecule has 1 aromatic heterocycles. The second-order valence-electron chi connectivity index (χ2n) is 3.20. The van der Waals surface area contributed by atoms with Crippen molar-refractivity contribution in [3.63, 3.8) is 0 Å². The van der Waals surface area contributed by atoms with Crippen LogP contribution in [0.4, 0.5) is 0 Å². The summed E-state index contributed by atoms with van der Waals surface area (Å²) >= 11 is 0. The number of aromatic nitrogens is 2. The molecule has 0 aliphatic rings. The van der Waals surface area contributed by atoms with Crippen LogP contribution < -0.4 is 5.32 Å². The zero-order chi connectivity index (χ0) is 10.9. The molecular formula is C11H19N3O. The standard InChI is InChI=1S/C11H19N3O/c1-3-14-8-7-13-11(14)10-12-6-5-9-15-4-2/h4,7-8,12H,2-3,5-6,9-10H2,1H3. The van der Waals surface area contributed by atoms with Gasteiger partial charge in [0.05, 0.1) is 19.4 Å². The minimum Gasteiger partial charge on any atom is -0.502 e. The second-order valence-corrected chi connectivity index (χ2v) is 3.20. The Kier molecular flexibility index (Phi) is 5.55. The Bertz CT molecular complexity index is 283. The van der Waals surface area contributed by atoms with Crippen LogP contribution in [0.25, 0.3) is 0 Å². The maximum absolute atomic E-state index is 5.02. The van der Waals surface area contributed by atoms with E-state index in [1.807, 2.05) is 12.4 Å². The monoisotopic (exact) mass is 209 g/mol. The molecule has 1 rings (SSSR count). The lowest BCUT2D eigenvalue weighted by molar-refractivity contribution is 0.244. The summed E-state index contributed by atoms with van der Waals surface area (Å²) < 4.78 is 7.15. The van der Waals surface area contributed by atoms with Gasteiger partial charge in [-0.15, -0.1) is 0 Å². The first-order chi connectivity index (χ1) is 7.38. The Hall–Kier alpha value is -1.29. The van der Waals surface area contributed by atoms with E-state index in [-0.39, 0.29) is 0 Å². The zero-order valence-corrected chi connectivity index (χ0v) is 9.28. The highest BCUT2D eigenvalue weighted by Gasteiger charge is 1.99. The van der Waals surface area contributed by atoms with Crippen molar-refractivity contribution in [3.8, 4) is 0 Å². The lowest BCUT2D eigenvalue weighted by Gasteiger charge is -2.06. The molecule has 0 saturated carbocycles. The summed E-state index contributed by atoms with van der Waals surface area (Å²) in [5.41, 5.74) is 0. The Balaban J connectivity index is 2.12. The fraction of sp³-hybridized carbons (Fsp3) is 0.545. The van der Waals surface area contributed by atoms with Gasteiger partial charge in [-0.1, -0.05) is 6.58 Å². The summed E-state index contributed by atoms with van der Waals surface area (Å²) in [6.45, 7) is 9.04. The van der Waals surface area contributed by atoms with Crippen LogP contribution in [0, 0.1) is 0 Å². The topological polar surface area (TPSA) is 39.1 Å². The third-order valence-corrected chi connectivity index (χ3v) is 2.16. The average molecular weight is 209 g/mol. The van der Waals surface area contributed by atoms with E-state index in [4.69, 9.17) is 4.74 Å². The molecule has 1 heterocycles. The van der Waals surface area contributed by atoms with E-state index in [2.05, 4.69) is 28.4 Å². The maximum Gasteiger partial charge on any atom is 0.122 e. The molecule has 0 aromatic carbocycles. The van der Waals surface area contributed by atoms with Crippen molar-refractivity contribution in [2.45, 2.75) is 26.4 Å². The predicted molar refractivity (Wildman–Crippen MR) is 60.4 cm³/mol. The van der Waals surface area contributed by atoms with Crippen molar-refractivity contribution in [1.82, 2.24) is 14.9 Å². The highest BCUT2D eigenvalue weighted by atomic mass is 16.5. The van der Waals surface area contributed by atoms with Crippen molar-refractivity contribution >= 4 is 0 Å². The van der Waals surface area contributed by atoms with Crippen LogP contribution in [0.15, 0.2) is 25.2 Å². The first kappa shape index (κ1) is 11.8. The molecule has 4 heteroatoms. The molecule has 0 saturated heterocycles. The lowest BCUT2D eigenvalue weighted by atomic mass is 10.4. The molecule has 1 aromatic rings. The predicted octanol–water partition coefficient (Wildman–Crippen LogP) is 1.54. The summed E-state index contributed by atoms with van der Waals surface area (Å²) in [4.78, 5) is 4.27. The molecule has 0 bridgehead atoms. The molecular weight excluding hydrogens is 190 g/mol. The summed E-state index contributed by atoms with van der Waals surface area (Å²) in [6, 6.07) is 0. The average Bonchev–Trinajstić information content (AvgIpc) is 2.70. The van der Waals surface area contributed by atoms with E-state index in [1.165, 1.54) is 6.26 Å². The van der Waals surface area contributed by atoms with E-state index >= 15 is 0 Å². The van der Waals surface area contributed by atoms with Gasteiger partial charge in [-0.3, -0.25) is 0 Å². The number of nitrogens with one attached hydrogen (secondary N) is 1. The van der Waals surface area contributed by atoms with Crippen LogP contribution in [0.2, 0.25) is 0 Å². The number of ether oxygens (including phenoxy) is 1. The van der Waals surface area contributed by atoms with Crippen LogP contribution in [0.3, 0.4) is 0 Å². The molecule has 0 aliphatic carbocycles. The first-order valence-corrected chi connectivity index (χ1v) is 5.31. The lowest BCUT2D eigenvalue weighted by Crippen LogP contribution is -2.18. The Morgan fingerprint density at radius 1 is 1.67 bits per heavy atom. The van der Waals surface area contributed by atoms with Crippen molar-refractivity contribution in [1.29, 1.82) is 0 Å². The summed E-state index contributed by atoms with van der Waals surface area (Å²) in [6.07, 6.45) is 6.29. The number of imidazole rings is 1. The second kappa shape index (κ2) is 7.06. The van der Waals surface area contributed by atoms with Crippen LogP contribution in [-0.2, 0) is 17.8 Å². The highest BCUT2D eigenvalue weighted by molar-refractivity contribution is 4.91. The highest BCUT2D eigenvalue weighted by Crippen LogP contribution is 1.96. The van der Waals surface area contributed by atoms with Gasteiger partial charge in [0.2, 0.25) is 0 Å². The number of hydrogen-bond acceptors (Lipinski definition) is 3. The van der Waals surface area contributed by atoms with Crippen LogP contribution in [-0.4, -0.2) is 22.7 Å². The fourth-order valence-electron chi connectivity index (χ4n) is 1.36. The largest absolute Gasteiger partial charge is 0.502 e. The smallest absolute Gasteiger partial charge is 0.122 e. The van der Waals surface area contributed by atoms with E-state index in [0.717, 1.165) is 38.5 Å². The van der Waals surface area contributed by atoms with Crippen molar-refractivity contribution < 1.29 is 4.74 Å². The van der Waals surface area contributed by atoms with E-state index in [1.54, 1.807) is 0 Å². The van der Waals surface area contributed by atoms with Gasteiger partial charge in [0.1, 0.15) is 5.82 Å². The third-order valence-electron chi connectivity index (χ3n) is 2.16. The molecule has 0 unspecified atom stereocenters. The van der Waals surface area contributed by atoms with Gasteiger partial charge < -0.3 is 14.6 Å². The maximum atomic E-state index is 5.02. The van der Waals surface area contributed by atoms with Gasteiger partial charge in [0.15, 0.2) is 0 Å². The molecule has 0 atom stereocenters. The number of rotatable bonds is 8. The quantitative estimate of drug-likeness (QED) is 0.521. The summed E-state index contributed by atoms with van der Waals surface area (Å²) in [5.74, 6) is 1.09. The Labute approximate surface area is 91.0 Å². The van der Waals surface area contributed by atoms with Gasteiger partial charge in [-0.25, -0.2) is 4.98 Å². The number of hydrogen-bond donors (Lipinski definition) is 1. The van der Waals surface area contributed by atoms with Gasteiger partial charge in [0.25, 0.3) is 0 Å². The normalized spacial score (nSPS) is 10.2. The van der Waals surface area contributed by atoms with Gasteiger partial charge >= 0.3 is 0 Å². The van der Waals surface area contributed by atoms with Crippen LogP contribution >= 0.6 is 0 Å². The molecule has 4 nitrogen and oxygen atoms in total. The van der Waals surface area contributed by atoms with Gasteiger partial charge in [-0.05, 0) is 19.9 Å². The minimum absolute atomic E-state index is 0.721. The first-order valence-electron chi connectivity index (χ1n) is 5.31. The molecule has 0 radical (unpaired) electrons. The fourth-order valence-corrected chi connectivity index (χ4v) is 1.36. The Morgan fingerprint density at radius 3 is 3.27 bits per heavy atom. The molecule has 1 N–H and O–H groups in total. The van der Waals surface area contributed by atoms with Gasteiger partial charge in [0, 0.05) is 18.9 Å². The summed E-state index contributed by atoms with van der Waals surface area (Å²) in [5, 5.41) is 3.32. The molecule has 0 amide bonds. The molecule has 0 spiro atoms. The molecule has 15 heavy (non-hydrogen) atoms. The van der Waals surface area contributed by atoms with E-state index in [9.17, 15) is 0 Å². The minimum atomic E-state index is 0.721. The van der Waals surface area contributed by atoms with Crippen LogP contribution in [0.5, 0.6) is 0 Å². The van der Waals surface area contributed by atoms with E-state index in [0.29, 0.717) is 0 Å². The van der Waals surface area contributed by atoms with E-state index < -0.39 is 0 Å². The molecule has 0 fully saturated rings. The van der Waals surface area contributed by atoms with Crippen molar-refractivity contribution in [3.05, 3.63) is 31.1 Å². The summed E-state index contributed by atoms with van der Waals surface area (Å²) in [7, 11) is 0. The van der Waals surface area contributed by atoms with Gasteiger partial charge in [-0.2, -0.15) is 0 Å². The zero-order valence-electron chi connectivity index (χ0n) is 9.28. The molecule has 84 valence electrons. The Morgan fingerprint density at radius 2 is 2.53 bits per heavy atom. The number of aryl methyl sites for hydroxylation is 1. The molecule has 0 aliphatic heterocycles. The van der Waals surface area contributed by atoms with Crippen LogP contribution in [0.1, 0.15) is 19.2 Å². The number of nitrogens with zero attached hydrogens (tertiary/aromatic N) is 2.